The van der Waals surface area contributed by atoms with Gasteiger partial charge in [-0.1, -0.05) is 6.07 Å². The van der Waals surface area contributed by atoms with Gasteiger partial charge in [-0.05, 0) is 110 Å². The van der Waals surface area contributed by atoms with Crippen molar-refractivity contribution in [3.63, 3.8) is 0 Å². The third kappa shape index (κ3) is 4.65. The van der Waals surface area contributed by atoms with E-state index < -0.39 is 0 Å². The van der Waals surface area contributed by atoms with E-state index in [0.29, 0.717) is 0 Å². The fourth-order valence-corrected chi connectivity index (χ4v) is 5.38. The first-order valence-corrected chi connectivity index (χ1v) is 12.3. The smallest absolute Gasteiger partial charge is 0.0894 e. The van der Waals surface area contributed by atoms with Crippen molar-refractivity contribution in [2.75, 3.05) is 21.3 Å². The lowest BCUT2D eigenvalue weighted by Gasteiger charge is -2.27. The average Bonchev–Trinajstić information content (AvgIpc) is 2.84. The molecule has 0 bridgehead atoms. The number of benzene rings is 2. The maximum absolute atomic E-state index is 4.82. The highest BCUT2D eigenvalue weighted by molar-refractivity contribution is 8.00. The van der Waals surface area contributed by atoms with Gasteiger partial charge in [-0.3, -0.25) is 4.98 Å². The molecule has 1 aliphatic heterocycles. The third-order valence-corrected chi connectivity index (χ3v) is 7.41. The topological polar surface area (TPSA) is 41.0 Å². The van der Waals surface area contributed by atoms with E-state index in [0.717, 1.165) is 34.5 Å². The largest absolute Gasteiger partial charge is 0.326 e. The molecule has 0 spiro atoms. The van der Waals surface area contributed by atoms with Crippen LogP contribution >= 0.6 is 23.9 Å². The van der Waals surface area contributed by atoms with E-state index in [4.69, 9.17) is 4.98 Å². The van der Waals surface area contributed by atoms with Gasteiger partial charge < -0.3 is 9.03 Å². The molecule has 1 N–H and O–H groups in total. The number of rotatable bonds is 5. The molecule has 2 aromatic heterocycles. The van der Waals surface area contributed by atoms with Crippen LogP contribution in [-0.4, -0.2) is 22.3 Å². The highest BCUT2D eigenvalue weighted by atomic mass is 32.2. The first kappa shape index (κ1) is 20.2. The average molecular weight is 445 g/mol. The van der Waals surface area contributed by atoms with E-state index in [-0.39, 0.29) is 0 Å². The van der Waals surface area contributed by atoms with Crippen molar-refractivity contribution >= 4 is 46.3 Å². The lowest BCUT2D eigenvalue weighted by Crippen LogP contribution is -2.20. The molecule has 0 unspecified atom stereocenters. The number of anilines is 2. The monoisotopic (exact) mass is 444 g/mol. The van der Waals surface area contributed by atoms with Crippen LogP contribution in [0, 0.1) is 6.92 Å². The van der Waals surface area contributed by atoms with E-state index in [1.165, 1.54) is 34.7 Å². The van der Waals surface area contributed by atoms with Gasteiger partial charge in [-0.25, -0.2) is 4.98 Å². The Bertz CT molecular complexity index is 1190. The summed E-state index contributed by atoms with van der Waals surface area (Å²) >= 11 is 3.57. The molecule has 31 heavy (non-hydrogen) atoms. The Morgan fingerprint density at radius 2 is 1.87 bits per heavy atom. The molecule has 5 rings (SSSR count). The Morgan fingerprint density at radius 1 is 0.968 bits per heavy atom. The molecule has 1 saturated heterocycles. The second-order valence-electron chi connectivity index (χ2n) is 7.61. The van der Waals surface area contributed by atoms with Crippen LogP contribution in [-0.2, 0) is 0 Å². The number of hydrogen-bond donors (Lipinski definition) is 1. The highest BCUT2D eigenvalue weighted by Crippen LogP contribution is 2.31. The zero-order valence-electron chi connectivity index (χ0n) is 17.4. The van der Waals surface area contributed by atoms with Crippen molar-refractivity contribution < 1.29 is 0 Å². The molecule has 1 fully saturated rings. The summed E-state index contributed by atoms with van der Waals surface area (Å²) in [6, 6.07) is 23.3. The van der Waals surface area contributed by atoms with Crippen molar-refractivity contribution in [2.45, 2.75) is 24.7 Å². The lowest BCUT2D eigenvalue weighted by molar-refractivity contribution is 0.791. The maximum Gasteiger partial charge on any atom is 0.0894 e. The maximum atomic E-state index is 4.82. The Hall–Kier alpha value is -2.70. The molecule has 3 heterocycles. The number of nitrogens with one attached hydrogen (secondary N) is 1. The standard InChI is InChI=1S/C25H24N4S2/c1-18-6-7-19(17-22(18)23-12-13-24-25(27-23)5-4-14-26-24)28-31-21-10-8-20(9-11-21)29-15-2-3-16-30-29/h4-14,17,28H,2-3,15-16H2,1H3. The van der Waals surface area contributed by atoms with Gasteiger partial charge >= 0.3 is 0 Å². The van der Waals surface area contributed by atoms with Crippen LogP contribution in [0.4, 0.5) is 11.4 Å². The Morgan fingerprint density at radius 3 is 2.71 bits per heavy atom. The van der Waals surface area contributed by atoms with Gasteiger partial charge in [0.1, 0.15) is 0 Å². The van der Waals surface area contributed by atoms with Gasteiger partial charge in [0.15, 0.2) is 0 Å². The Kier molecular flexibility index (Phi) is 6.00. The predicted octanol–water partition coefficient (Wildman–Crippen LogP) is 6.97. The molecule has 4 nitrogen and oxygen atoms in total. The summed E-state index contributed by atoms with van der Waals surface area (Å²) in [4.78, 5) is 10.4. The van der Waals surface area contributed by atoms with Crippen LogP contribution in [0.5, 0.6) is 0 Å². The molecular weight excluding hydrogens is 420 g/mol. The molecular formula is C25H24N4S2. The molecule has 0 saturated carbocycles. The van der Waals surface area contributed by atoms with Crippen molar-refractivity contribution in [3.8, 4) is 11.3 Å². The fourth-order valence-electron chi connectivity index (χ4n) is 3.67. The number of fused-ring (bicyclic) bond motifs is 1. The molecule has 4 aromatic rings. The van der Waals surface area contributed by atoms with E-state index in [2.05, 4.69) is 63.4 Å². The zero-order chi connectivity index (χ0) is 21.0. The summed E-state index contributed by atoms with van der Waals surface area (Å²) < 4.78 is 5.90. The zero-order valence-corrected chi connectivity index (χ0v) is 19.0. The number of nitrogens with zero attached hydrogens (tertiary/aromatic N) is 3. The molecule has 0 radical (unpaired) electrons. The van der Waals surface area contributed by atoms with Crippen LogP contribution in [0.1, 0.15) is 18.4 Å². The van der Waals surface area contributed by atoms with E-state index in [9.17, 15) is 0 Å². The molecule has 2 aromatic carbocycles. The summed E-state index contributed by atoms with van der Waals surface area (Å²) in [5.41, 5.74) is 7.50. The normalized spacial score (nSPS) is 14.0. The Balaban J connectivity index is 1.31. The van der Waals surface area contributed by atoms with Crippen LogP contribution in [0.25, 0.3) is 22.3 Å². The van der Waals surface area contributed by atoms with Gasteiger partial charge in [0.25, 0.3) is 0 Å². The molecule has 156 valence electrons. The Labute approximate surface area is 191 Å². The van der Waals surface area contributed by atoms with Gasteiger partial charge in [0.2, 0.25) is 0 Å². The quantitative estimate of drug-likeness (QED) is 0.335. The molecule has 1 aliphatic rings. The van der Waals surface area contributed by atoms with E-state index in [1.807, 2.05) is 36.2 Å². The minimum atomic E-state index is 0.916. The van der Waals surface area contributed by atoms with Crippen LogP contribution in [0.2, 0.25) is 0 Å². The van der Waals surface area contributed by atoms with Gasteiger partial charge in [0, 0.05) is 40.3 Å². The second-order valence-corrected chi connectivity index (χ2v) is 9.60. The summed E-state index contributed by atoms with van der Waals surface area (Å²) in [7, 11) is 0. The van der Waals surface area contributed by atoms with Gasteiger partial charge in [0.05, 0.1) is 16.7 Å². The summed E-state index contributed by atoms with van der Waals surface area (Å²) in [5.74, 6) is 1.22. The summed E-state index contributed by atoms with van der Waals surface area (Å²) in [5, 5.41) is 0. The summed E-state index contributed by atoms with van der Waals surface area (Å²) in [6.45, 7) is 3.26. The molecule has 0 atom stereocenters. The lowest BCUT2D eigenvalue weighted by atomic mass is 10.0. The first-order valence-electron chi connectivity index (χ1n) is 10.5. The van der Waals surface area contributed by atoms with Crippen molar-refractivity contribution in [1.82, 2.24) is 9.97 Å². The van der Waals surface area contributed by atoms with Gasteiger partial charge in [-0.15, -0.1) is 0 Å². The highest BCUT2D eigenvalue weighted by Gasteiger charge is 2.12. The van der Waals surface area contributed by atoms with Crippen molar-refractivity contribution in [2.24, 2.45) is 0 Å². The second kappa shape index (κ2) is 9.20. The van der Waals surface area contributed by atoms with Crippen LogP contribution < -0.4 is 9.03 Å². The molecule has 6 heteroatoms. The van der Waals surface area contributed by atoms with E-state index in [1.54, 1.807) is 18.1 Å². The SMILES string of the molecule is Cc1ccc(NSc2ccc(N3CCCCS3)cc2)cc1-c1ccc2ncccc2n1. The molecule has 0 aliphatic carbocycles. The third-order valence-electron chi connectivity index (χ3n) is 5.38. The minimum absolute atomic E-state index is 0.916. The molecule has 0 amide bonds. The van der Waals surface area contributed by atoms with Crippen molar-refractivity contribution in [3.05, 3.63) is 78.5 Å². The minimum Gasteiger partial charge on any atom is -0.326 e. The number of pyridine rings is 2. The van der Waals surface area contributed by atoms with Crippen molar-refractivity contribution in [1.29, 1.82) is 0 Å². The first-order chi connectivity index (χ1) is 15.3. The predicted molar refractivity (Wildman–Crippen MR) is 135 cm³/mol. The van der Waals surface area contributed by atoms with Crippen LogP contribution in [0.3, 0.4) is 0 Å². The van der Waals surface area contributed by atoms with Gasteiger partial charge in [-0.2, -0.15) is 0 Å². The summed E-state index contributed by atoms with van der Waals surface area (Å²) in [6.07, 6.45) is 4.40. The van der Waals surface area contributed by atoms with Crippen LogP contribution in [0.15, 0.2) is 77.8 Å². The van der Waals surface area contributed by atoms with E-state index >= 15 is 0 Å². The fraction of sp³-hybridized carbons (Fsp3) is 0.200. The number of hydrogen-bond acceptors (Lipinski definition) is 6. The number of aromatic nitrogens is 2. The number of aryl methyl sites for hydroxylation is 1.